The van der Waals surface area contributed by atoms with Crippen molar-refractivity contribution in [2.24, 2.45) is 5.92 Å². The Balaban J connectivity index is 5.01. The van der Waals surface area contributed by atoms with Gasteiger partial charge in [0, 0.05) is 19.2 Å². The Bertz CT molecular complexity index is 350. The molecule has 5 heteroatoms. The van der Waals surface area contributed by atoms with E-state index < -0.39 is 20.0 Å². The van der Waals surface area contributed by atoms with Crippen molar-refractivity contribution in [3.63, 3.8) is 0 Å². The molecule has 0 unspecified atom stereocenters. The second-order valence-corrected chi connectivity index (χ2v) is 11.7. The maximum absolute atomic E-state index is 11.2. The molecule has 0 radical (unpaired) electrons. The number of aliphatic carboxylic acids is 2. The second-order valence-electron chi connectivity index (χ2n) is 6.07. The topological polar surface area (TPSA) is 74.6 Å². The minimum absolute atomic E-state index is 0.0399. The first-order valence-corrected chi connectivity index (χ1v) is 9.96. The Morgan fingerprint density at radius 1 is 1.06 bits per heavy atom. The SMILES string of the molecule is CC(C)/C(C(=O)O)=C(/CCC[Si](C)(C)C)C(=O)O. The number of carboxylic acids is 2. The number of rotatable bonds is 7. The zero-order valence-electron chi connectivity index (χ0n) is 11.9. The number of hydrogen-bond donors (Lipinski definition) is 2. The van der Waals surface area contributed by atoms with Gasteiger partial charge in [0.05, 0.1) is 0 Å². The molecule has 0 aromatic rings. The van der Waals surface area contributed by atoms with Crippen LogP contribution in [0.1, 0.15) is 26.7 Å². The van der Waals surface area contributed by atoms with E-state index in [4.69, 9.17) is 10.2 Å². The lowest BCUT2D eigenvalue weighted by Crippen LogP contribution is -2.20. The highest BCUT2D eigenvalue weighted by molar-refractivity contribution is 6.76. The largest absolute Gasteiger partial charge is 0.478 e. The smallest absolute Gasteiger partial charge is 0.332 e. The van der Waals surface area contributed by atoms with Gasteiger partial charge in [-0.05, 0) is 12.3 Å². The van der Waals surface area contributed by atoms with E-state index in [0.29, 0.717) is 6.42 Å². The molecule has 0 aromatic carbocycles. The van der Waals surface area contributed by atoms with Crippen molar-refractivity contribution >= 4 is 20.0 Å². The summed E-state index contributed by atoms with van der Waals surface area (Å²) in [5, 5.41) is 18.3. The van der Waals surface area contributed by atoms with E-state index in [1.807, 2.05) is 0 Å². The van der Waals surface area contributed by atoms with Crippen LogP contribution in [0.3, 0.4) is 0 Å². The Morgan fingerprint density at radius 2 is 1.56 bits per heavy atom. The molecule has 0 amide bonds. The van der Waals surface area contributed by atoms with Crippen molar-refractivity contribution in [1.82, 2.24) is 0 Å². The molecule has 0 spiro atoms. The monoisotopic (exact) mass is 272 g/mol. The average molecular weight is 272 g/mol. The zero-order chi connectivity index (χ0) is 14.5. The molecule has 0 heterocycles. The van der Waals surface area contributed by atoms with Gasteiger partial charge in [-0.1, -0.05) is 46.0 Å². The third-order valence-electron chi connectivity index (χ3n) is 2.74. The van der Waals surface area contributed by atoms with Crippen molar-refractivity contribution in [2.75, 3.05) is 0 Å². The summed E-state index contributed by atoms with van der Waals surface area (Å²) in [6.07, 6.45) is 1.10. The molecule has 0 saturated heterocycles. The lowest BCUT2D eigenvalue weighted by Gasteiger charge is -2.16. The minimum Gasteiger partial charge on any atom is -0.478 e. The molecule has 0 aromatic heterocycles. The fourth-order valence-electron chi connectivity index (χ4n) is 1.88. The molecule has 0 fully saturated rings. The van der Waals surface area contributed by atoms with Gasteiger partial charge in [0.25, 0.3) is 0 Å². The molecular weight excluding hydrogens is 248 g/mol. The third kappa shape index (κ3) is 6.00. The van der Waals surface area contributed by atoms with Crippen LogP contribution in [-0.4, -0.2) is 30.2 Å². The van der Waals surface area contributed by atoms with Crippen molar-refractivity contribution in [3.8, 4) is 0 Å². The van der Waals surface area contributed by atoms with E-state index in [9.17, 15) is 9.59 Å². The summed E-state index contributed by atoms with van der Waals surface area (Å²) in [7, 11) is -1.21. The molecular formula is C13H24O4Si. The Hall–Kier alpha value is -1.10. The molecule has 0 aliphatic carbocycles. The molecule has 104 valence electrons. The van der Waals surface area contributed by atoms with Gasteiger partial charge in [0.1, 0.15) is 0 Å². The third-order valence-corrected chi connectivity index (χ3v) is 4.60. The highest BCUT2D eigenvalue weighted by Crippen LogP contribution is 2.22. The summed E-state index contributed by atoms with van der Waals surface area (Å²) in [6.45, 7) is 10.1. The quantitative estimate of drug-likeness (QED) is 0.551. The van der Waals surface area contributed by atoms with E-state index in [-0.39, 0.29) is 17.1 Å². The van der Waals surface area contributed by atoms with Crippen molar-refractivity contribution in [2.45, 2.75) is 52.4 Å². The fourth-order valence-corrected chi connectivity index (χ4v) is 3.11. The number of carboxylic acid groups (broad SMARTS) is 2. The molecule has 0 atom stereocenters. The van der Waals surface area contributed by atoms with Gasteiger partial charge in [-0.2, -0.15) is 0 Å². The molecule has 4 nitrogen and oxygen atoms in total. The Labute approximate surface area is 110 Å². The first-order chi connectivity index (χ1) is 8.06. The van der Waals surface area contributed by atoms with Crippen molar-refractivity contribution < 1.29 is 19.8 Å². The highest BCUT2D eigenvalue weighted by Gasteiger charge is 2.23. The maximum atomic E-state index is 11.2. The predicted octanol–water partition coefficient (Wildman–Crippen LogP) is 3.23. The van der Waals surface area contributed by atoms with Crippen LogP contribution in [-0.2, 0) is 9.59 Å². The van der Waals surface area contributed by atoms with E-state index in [1.54, 1.807) is 13.8 Å². The fraction of sp³-hybridized carbons (Fsp3) is 0.692. The van der Waals surface area contributed by atoms with Gasteiger partial charge >= 0.3 is 11.9 Å². The lowest BCUT2D eigenvalue weighted by molar-refractivity contribution is -0.136. The predicted molar refractivity (Wildman–Crippen MR) is 74.5 cm³/mol. The summed E-state index contributed by atoms with van der Waals surface area (Å²) in [5.74, 6) is -2.49. The molecule has 18 heavy (non-hydrogen) atoms. The van der Waals surface area contributed by atoms with Crippen LogP contribution in [0.15, 0.2) is 11.1 Å². The summed E-state index contributed by atoms with van der Waals surface area (Å²) >= 11 is 0. The Kier molecular flexibility index (Phi) is 6.32. The molecule has 0 saturated carbocycles. The standard InChI is InChI=1S/C13H24O4Si/c1-9(2)11(13(16)17)10(12(14)15)7-6-8-18(3,4)5/h9H,6-8H2,1-5H3,(H,14,15)(H,16,17)/b11-10+. The molecule has 0 aliphatic heterocycles. The molecule has 0 rings (SSSR count). The minimum atomic E-state index is -1.21. The number of hydrogen-bond acceptors (Lipinski definition) is 2. The summed E-state index contributed by atoms with van der Waals surface area (Å²) in [5.41, 5.74) is 0.105. The van der Waals surface area contributed by atoms with Gasteiger partial charge in [-0.25, -0.2) is 9.59 Å². The summed E-state index contributed by atoms with van der Waals surface area (Å²) < 4.78 is 0. The van der Waals surface area contributed by atoms with Crippen LogP contribution in [0.25, 0.3) is 0 Å². The van der Waals surface area contributed by atoms with Crippen LogP contribution in [0.2, 0.25) is 25.7 Å². The van der Waals surface area contributed by atoms with Crippen LogP contribution < -0.4 is 0 Å². The van der Waals surface area contributed by atoms with Gasteiger partial charge in [0.2, 0.25) is 0 Å². The van der Waals surface area contributed by atoms with Gasteiger partial charge in [-0.15, -0.1) is 0 Å². The number of carbonyl (C=O) groups is 2. The van der Waals surface area contributed by atoms with Crippen LogP contribution in [0.4, 0.5) is 0 Å². The molecule has 2 N–H and O–H groups in total. The van der Waals surface area contributed by atoms with Gasteiger partial charge < -0.3 is 10.2 Å². The average Bonchev–Trinajstić information content (AvgIpc) is 2.12. The maximum Gasteiger partial charge on any atom is 0.332 e. The normalized spacial score (nSPS) is 13.4. The van der Waals surface area contributed by atoms with Crippen LogP contribution in [0, 0.1) is 5.92 Å². The molecule has 0 bridgehead atoms. The van der Waals surface area contributed by atoms with E-state index >= 15 is 0 Å². The highest BCUT2D eigenvalue weighted by atomic mass is 28.3. The molecule has 0 aliphatic rings. The van der Waals surface area contributed by atoms with Gasteiger partial charge in [0.15, 0.2) is 0 Å². The van der Waals surface area contributed by atoms with Crippen molar-refractivity contribution in [3.05, 3.63) is 11.1 Å². The second kappa shape index (κ2) is 6.73. The van der Waals surface area contributed by atoms with Crippen LogP contribution >= 0.6 is 0 Å². The van der Waals surface area contributed by atoms with E-state index in [0.717, 1.165) is 12.5 Å². The van der Waals surface area contributed by atoms with E-state index in [1.165, 1.54) is 0 Å². The van der Waals surface area contributed by atoms with Gasteiger partial charge in [-0.3, -0.25) is 0 Å². The zero-order valence-corrected chi connectivity index (χ0v) is 12.9. The first kappa shape index (κ1) is 16.9. The first-order valence-electron chi connectivity index (χ1n) is 6.26. The van der Waals surface area contributed by atoms with Crippen LogP contribution in [0.5, 0.6) is 0 Å². The summed E-state index contributed by atoms with van der Waals surface area (Å²) in [4.78, 5) is 22.3. The van der Waals surface area contributed by atoms with E-state index in [2.05, 4.69) is 19.6 Å². The van der Waals surface area contributed by atoms with Crippen molar-refractivity contribution in [1.29, 1.82) is 0 Å². The lowest BCUT2D eigenvalue weighted by atomic mass is 9.94. The Morgan fingerprint density at radius 3 is 1.83 bits per heavy atom. The summed E-state index contributed by atoms with van der Waals surface area (Å²) in [6, 6.07) is 1.01.